The van der Waals surface area contributed by atoms with Gasteiger partial charge in [-0.15, -0.1) is 0 Å². The standard InChI is InChI=1S/C16H27N/c1-5-6-7-16(12-17-13(2)3)15-10-8-14(4)9-11-15/h8-11,13,16-17H,5-7,12H2,1-4H3. The van der Waals surface area contributed by atoms with Gasteiger partial charge in [-0.3, -0.25) is 0 Å². The van der Waals surface area contributed by atoms with Gasteiger partial charge in [0.05, 0.1) is 0 Å². The van der Waals surface area contributed by atoms with Gasteiger partial charge in [0.15, 0.2) is 0 Å². The zero-order valence-electron chi connectivity index (χ0n) is 11.8. The van der Waals surface area contributed by atoms with Gasteiger partial charge in [-0.1, -0.05) is 63.4 Å². The monoisotopic (exact) mass is 233 g/mol. The molecule has 0 spiro atoms. The molecule has 1 N–H and O–H groups in total. The maximum Gasteiger partial charge on any atom is 0.00225 e. The number of rotatable bonds is 7. The lowest BCUT2D eigenvalue weighted by Crippen LogP contribution is -2.28. The van der Waals surface area contributed by atoms with E-state index in [1.165, 1.54) is 30.4 Å². The molecule has 0 aromatic heterocycles. The van der Waals surface area contributed by atoms with Crippen molar-refractivity contribution in [3.05, 3.63) is 35.4 Å². The summed E-state index contributed by atoms with van der Waals surface area (Å²) in [7, 11) is 0. The Kier molecular flexibility index (Phi) is 6.28. The lowest BCUT2D eigenvalue weighted by Gasteiger charge is -2.19. The Morgan fingerprint density at radius 1 is 1.12 bits per heavy atom. The minimum Gasteiger partial charge on any atom is -0.314 e. The fourth-order valence-corrected chi connectivity index (χ4v) is 2.05. The first-order valence-electron chi connectivity index (χ1n) is 6.93. The lowest BCUT2D eigenvalue weighted by molar-refractivity contribution is 0.495. The number of nitrogens with one attached hydrogen (secondary N) is 1. The van der Waals surface area contributed by atoms with Crippen molar-refractivity contribution in [2.75, 3.05) is 6.54 Å². The molecule has 96 valence electrons. The first kappa shape index (κ1) is 14.2. The van der Waals surface area contributed by atoms with Crippen molar-refractivity contribution < 1.29 is 0 Å². The second-order valence-electron chi connectivity index (χ2n) is 5.31. The Bertz CT molecular complexity index is 300. The first-order chi connectivity index (χ1) is 8.13. The van der Waals surface area contributed by atoms with Crippen LogP contribution in [0.1, 0.15) is 57.1 Å². The summed E-state index contributed by atoms with van der Waals surface area (Å²) >= 11 is 0. The van der Waals surface area contributed by atoms with E-state index in [1.807, 2.05) is 0 Å². The number of hydrogen-bond donors (Lipinski definition) is 1. The van der Waals surface area contributed by atoms with Crippen LogP contribution in [0.15, 0.2) is 24.3 Å². The van der Waals surface area contributed by atoms with Gasteiger partial charge in [0.1, 0.15) is 0 Å². The Hall–Kier alpha value is -0.820. The molecule has 17 heavy (non-hydrogen) atoms. The SMILES string of the molecule is CCCCC(CNC(C)C)c1ccc(C)cc1. The van der Waals surface area contributed by atoms with Gasteiger partial charge < -0.3 is 5.32 Å². The van der Waals surface area contributed by atoms with Gasteiger partial charge >= 0.3 is 0 Å². The number of unbranched alkanes of at least 4 members (excludes halogenated alkanes) is 1. The third-order valence-corrected chi connectivity index (χ3v) is 3.23. The third kappa shape index (κ3) is 5.36. The lowest BCUT2D eigenvalue weighted by atomic mass is 9.92. The van der Waals surface area contributed by atoms with Gasteiger partial charge in [-0.2, -0.15) is 0 Å². The number of benzene rings is 1. The normalized spacial score (nSPS) is 13.0. The highest BCUT2D eigenvalue weighted by molar-refractivity contribution is 5.24. The van der Waals surface area contributed by atoms with Crippen LogP contribution in [0.2, 0.25) is 0 Å². The second kappa shape index (κ2) is 7.50. The van der Waals surface area contributed by atoms with Crippen molar-refractivity contribution in [2.45, 2.75) is 58.9 Å². The molecule has 0 bridgehead atoms. The Morgan fingerprint density at radius 3 is 2.29 bits per heavy atom. The molecular weight excluding hydrogens is 206 g/mol. The van der Waals surface area contributed by atoms with Crippen LogP contribution in [0, 0.1) is 6.92 Å². The molecule has 0 aliphatic rings. The van der Waals surface area contributed by atoms with E-state index >= 15 is 0 Å². The smallest absolute Gasteiger partial charge is 0.00225 e. The molecule has 1 nitrogen and oxygen atoms in total. The predicted octanol–water partition coefficient (Wildman–Crippen LogP) is 4.27. The summed E-state index contributed by atoms with van der Waals surface area (Å²) in [5.41, 5.74) is 2.83. The van der Waals surface area contributed by atoms with E-state index in [2.05, 4.69) is 57.3 Å². The molecule has 0 radical (unpaired) electrons. The van der Waals surface area contributed by atoms with Crippen LogP contribution < -0.4 is 5.32 Å². The third-order valence-electron chi connectivity index (χ3n) is 3.23. The van der Waals surface area contributed by atoms with Crippen LogP contribution in [0.25, 0.3) is 0 Å². The molecule has 1 aromatic carbocycles. The summed E-state index contributed by atoms with van der Waals surface area (Å²) in [5, 5.41) is 3.57. The quantitative estimate of drug-likeness (QED) is 0.741. The number of aryl methyl sites for hydroxylation is 1. The zero-order valence-corrected chi connectivity index (χ0v) is 11.8. The molecule has 0 saturated carbocycles. The average molecular weight is 233 g/mol. The van der Waals surface area contributed by atoms with Crippen LogP contribution in [-0.2, 0) is 0 Å². The summed E-state index contributed by atoms with van der Waals surface area (Å²) in [5.74, 6) is 0.665. The Labute approximate surface area is 107 Å². The van der Waals surface area contributed by atoms with E-state index in [9.17, 15) is 0 Å². The maximum absolute atomic E-state index is 3.57. The molecule has 0 aliphatic heterocycles. The van der Waals surface area contributed by atoms with Crippen molar-refractivity contribution in [1.82, 2.24) is 5.32 Å². The van der Waals surface area contributed by atoms with E-state index in [4.69, 9.17) is 0 Å². The first-order valence-corrected chi connectivity index (χ1v) is 6.93. The molecule has 1 heteroatoms. The second-order valence-corrected chi connectivity index (χ2v) is 5.31. The van der Waals surface area contributed by atoms with Gasteiger partial charge in [-0.05, 0) is 24.8 Å². The van der Waals surface area contributed by atoms with E-state index < -0.39 is 0 Å². The molecule has 0 aliphatic carbocycles. The molecule has 1 rings (SSSR count). The van der Waals surface area contributed by atoms with Crippen LogP contribution in [0.5, 0.6) is 0 Å². The van der Waals surface area contributed by atoms with Crippen molar-refractivity contribution in [1.29, 1.82) is 0 Å². The summed E-state index contributed by atoms with van der Waals surface area (Å²) in [6, 6.07) is 9.60. The number of hydrogen-bond acceptors (Lipinski definition) is 1. The molecule has 1 aromatic rings. The topological polar surface area (TPSA) is 12.0 Å². The molecular formula is C16H27N. The van der Waals surface area contributed by atoms with Gasteiger partial charge in [0.2, 0.25) is 0 Å². The minimum absolute atomic E-state index is 0.574. The molecule has 0 heterocycles. The van der Waals surface area contributed by atoms with E-state index in [-0.39, 0.29) is 0 Å². The zero-order chi connectivity index (χ0) is 12.7. The van der Waals surface area contributed by atoms with Crippen molar-refractivity contribution >= 4 is 0 Å². The fraction of sp³-hybridized carbons (Fsp3) is 0.625. The Morgan fingerprint density at radius 2 is 1.76 bits per heavy atom. The van der Waals surface area contributed by atoms with Crippen molar-refractivity contribution in [3.63, 3.8) is 0 Å². The maximum atomic E-state index is 3.57. The van der Waals surface area contributed by atoms with Gasteiger partial charge in [-0.25, -0.2) is 0 Å². The average Bonchev–Trinajstić information content (AvgIpc) is 2.30. The molecule has 1 unspecified atom stereocenters. The summed E-state index contributed by atoms with van der Waals surface area (Å²) in [6.07, 6.45) is 3.89. The summed E-state index contributed by atoms with van der Waals surface area (Å²) in [4.78, 5) is 0. The predicted molar refractivity (Wildman–Crippen MR) is 76.6 cm³/mol. The Balaban J connectivity index is 2.63. The minimum atomic E-state index is 0.574. The highest BCUT2D eigenvalue weighted by atomic mass is 14.9. The van der Waals surface area contributed by atoms with Crippen molar-refractivity contribution in [2.24, 2.45) is 0 Å². The van der Waals surface area contributed by atoms with Crippen LogP contribution in [0.3, 0.4) is 0 Å². The summed E-state index contributed by atoms with van der Waals surface area (Å²) in [6.45, 7) is 9.94. The van der Waals surface area contributed by atoms with Crippen LogP contribution in [-0.4, -0.2) is 12.6 Å². The van der Waals surface area contributed by atoms with Gasteiger partial charge in [0.25, 0.3) is 0 Å². The van der Waals surface area contributed by atoms with E-state index in [1.54, 1.807) is 0 Å². The van der Waals surface area contributed by atoms with E-state index in [0.29, 0.717) is 12.0 Å². The van der Waals surface area contributed by atoms with Crippen molar-refractivity contribution in [3.8, 4) is 0 Å². The highest BCUT2D eigenvalue weighted by Crippen LogP contribution is 2.22. The molecule has 1 atom stereocenters. The van der Waals surface area contributed by atoms with Crippen LogP contribution in [0.4, 0.5) is 0 Å². The summed E-state index contributed by atoms with van der Waals surface area (Å²) < 4.78 is 0. The highest BCUT2D eigenvalue weighted by Gasteiger charge is 2.11. The van der Waals surface area contributed by atoms with Crippen LogP contribution >= 0.6 is 0 Å². The van der Waals surface area contributed by atoms with E-state index in [0.717, 1.165) is 6.54 Å². The molecule has 0 amide bonds. The fourth-order valence-electron chi connectivity index (χ4n) is 2.05. The largest absolute Gasteiger partial charge is 0.314 e. The molecule has 0 saturated heterocycles. The van der Waals surface area contributed by atoms with Gasteiger partial charge in [0, 0.05) is 12.6 Å². The molecule has 0 fully saturated rings.